The highest BCUT2D eigenvalue weighted by atomic mass is 16.3. The number of rotatable bonds is 0. The topological polar surface area (TPSA) is 36.0 Å². The largest absolute Gasteiger partial charge is 0.387 e. The van der Waals surface area contributed by atoms with Crippen LogP contribution in [0.15, 0.2) is 18.2 Å². The van der Waals surface area contributed by atoms with Crippen LogP contribution in [-0.4, -0.2) is 10.1 Å². The molecule has 2 nitrogen and oxygen atoms in total. The van der Waals surface area contributed by atoms with Gasteiger partial charge < -0.3 is 10.1 Å². The minimum absolute atomic E-state index is 0.290. The third-order valence-electron chi connectivity index (χ3n) is 3.33. The van der Waals surface area contributed by atoms with E-state index in [-0.39, 0.29) is 6.10 Å². The first kappa shape index (κ1) is 8.98. The van der Waals surface area contributed by atoms with Gasteiger partial charge in [0.25, 0.3) is 0 Å². The van der Waals surface area contributed by atoms with E-state index in [1.165, 1.54) is 16.5 Å². The summed E-state index contributed by atoms with van der Waals surface area (Å²) in [4.78, 5) is 3.34. The number of nitrogens with one attached hydrogen (secondary N) is 1. The fourth-order valence-electron chi connectivity index (χ4n) is 2.55. The lowest BCUT2D eigenvalue weighted by atomic mass is 9.93. The van der Waals surface area contributed by atoms with Crippen molar-refractivity contribution in [2.45, 2.75) is 32.3 Å². The number of hydrogen-bond donors (Lipinski definition) is 2. The standard InChI is InChI=1S/C13H15NO/c1-8-5-6-11-10(7-8)9-3-2-4-12(15)13(9)14-11/h5-7,12,14-15H,2-4H2,1H3. The molecule has 1 aromatic heterocycles. The second kappa shape index (κ2) is 3.11. The highest BCUT2D eigenvalue weighted by Crippen LogP contribution is 2.34. The van der Waals surface area contributed by atoms with Crippen LogP contribution in [0.3, 0.4) is 0 Å². The molecule has 0 fully saturated rings. The zero-order chi connectivity index (χ0) is 10.4. The molecule has 1 atom stereocenters. The molecule has 1 unspecified atom stereocenters. The van der Waals surface area contributed by atoms with Crippen molar-refractivity contribution in [3.05, 3.63) is 35.0 Å². The lowest BCUT2D eigenvalue weighted by Gasteiger charge is -2.17. The van der Waals surface area contributed by atoms with Gasteiger partial charge >= 0.3 is 0 Å². The average molecular weight is 201 g/mol. The average Bonchev–Trinajstić information content (AvgIpc) is 2.58. The van der Waals surface area contributed by atoms with Crippen LogP contribution in [0.5, 0.6) is 0 Å². The molecule has 2 heteroatoms. The van der Waals surface area contributed by atoms with E-state index in [1.54, 1.807) is 0 Å². The Morgan fingerprint density at radius 2 is 2.27 bits per heavy atom. The third kappa shape index (κ3) is 1.29. The molecule has 0 radical (unpaired) electrons. The van der Waals surface area contributed by atoms with Gasteiger partial charge in [0.1, 0.15) is 0 Å². The predicted molar refractivity (Wildman–Crippen MR) is 60.9 cm³/mol. The third-order valence-corrected chi connectivity index (χ3v) is 3.33. The molecule has 2 aromatic rings. The van der Waals surface area contributed by atoms with Crippen LogP contribution in [0, 0.1) is 6.92 Å². The Labute approximate surface area is 88.9 Å². The monoisotopic (exact) mass is 201 g/mol. The Hall–Kier alpha value is -1.28. The summed E-state index contributed by atoms with van der Waals surface area (Å²) in [6, 6.07) is 6.43. The van der Waals surface area contributed by atoms with E-state index >= 15 is 0 Å². The highest BCUT2D eigenvalue weighted by Gasteiger charge is 2.21. The quantitative estimate of drug-likeness (QED) is 0.675. The maximum atomic E-state index is 9.90. The van der Waals surface area contributed by atoms with Gasteiger partial charge in [-0.2, -0.15) is 0 Å². The first-order valence-corrected chi connectivity index (χ1v) is 5.55. The summed E-state index contributed by atoms with van der Waals surface area (Å²) in [5, 5.41) is 11.2. The van der Waals surface area contributed by atoms with Crippen molar-refractivity contribution in [3.8, 4) is 0 Å². The molecule has 1 aromatic carbocycles. The van der Waals surface area contributed by atoms with Gasteiger partial charge in [0.2, 0.25) is 0 Å². The van der Waals surface area contributed by atoms with Crippen molar-refractivity contribution in [1.82, 2.24) is 4.98 Å². The van der Waals surface area contributed by atoms with Gasteiger partial charge in [-0.25, -0.2) is 0 Å². The van der Waals surface area contributed by atoms with Gasteiger partial charge in [0.05, 0.1) is 6.10 Å². The van der Waals surface area contributed by atoms with Gasteiger partial charge in [-0.1, -0.05) is 11.6 Å². The van der Waals surface area contributed by atoms with Crippen molar-refractivity contribution in [3.63, 3.8) is 0 Å². The Kier molecular flexibility index (Phi) is 1.86. The van der Waals surface area contributed by atoms with Crippen LogP contribution < -0.4 is 0 Å². The van der Waals surface area contributed by atoms with Crippen molar-refractivity contribution >= 4 is 10.9 Å². The molecule has 0 spiro atoms. The van der Waals surface area contributed by atoms with Crippen LogP contribution in [0.2, 0.25) is 0 Å². The minimum Gasteiger partial charge on any atom is -0.387 e. The molecular weight excluding hydrogens is 186 g/mol. The molecule has 15 heavy (non-hydrogen) atoms. The molecule has 0 saturated heterocycles. The maximum absolute atomic E-state index is 9.90. The molecule has 0 saturated carbocycles. The molecule has 1 aliphatic carbocycles. The van der Waals surface area contributed by atoms with E-state index in [2.05, 4.69) is 30.1 Å². The lowest BCUT2D eigenvalue weighted by Crippen LogP contribution is -2.07. The molecule has 78 valence electrons. The molecule has 1 aliphatic rings. The summed E-state index contributed by atoms with van der Waals surface area (Å²) in [5.41, 5.74) is 4.81. The second-order valence-electron chi connectivity index (χ2n) is 4.47. The van der Waals surface area contributed by atoms with Crippen LogP contribution in [0.1, 0.15) is 35.8 Å². The normalized spacial score (nSPS) is 20.5. The van der Waals surface area contributed by atoms with E-state index in [1.807, 2.05) is 0 Å². The molecule has 0 bridgehead atoms. The molecule has 1 heterocycles. The fraction of sp³-hybridized carbons (Fsp3) is 0.385. The van der Waals surface area contributed by atoms with Crippen molar-refractivity contribution in [2.75, 3.05) is 0 Å². The Morgan fingerprint density at radius 1 is 1.40 bits per heavy atom. The number of aliphatic hydroxyl groups is 1. The summed E-state index contributed by atoms with van der Waals surface area (Å²) in [7, 11) is 0. The van der Waals surface area contributed by atoms with Crippen molar-refractivity contribution in [1.29, 1.82) is 0 Å². The number of aryl methyl sites for hydroxylation is 2. The molecule has 2 N–H and O–H groups in total. The number of hydrogen-bond acceptors (Lipinski definition) is 1. The zero-order valence-corrected chi connectivity index (χ0v) is 8.88. The summed E-state index contributed by atoms with van der Waals surface area (Å²) in [5.74, 6) is 0. The zero-order valence-electron chi connectivity index (χ0n) is 8.88. The smallest absolute Gasteiger partial charge is 0.0941 e. The number of aliphatic hydroxyl groups excluding tert-OH is 1. The fourth-order valence-corrected chi connectivity index (χ4v) is 2.55. The van der Waals surface area contributed by atoms with E-state index in [9.17, 15) is 5.11 Å². The summed E-state index contributed by atoms with van der Waals surface area (Å²) >= 11 is 0. The number of aromatic amines is 1. The van der Waals surface area contributed by atoms with Gasteiger partial charge in [-0.3, -0.25) is 0 Å². The van der Waals surface area contributed by atoms with Crippen LogP contribution in [0.4, 0.5) is 0 Å². The number of H-pyrrole nitrogens is 1. The van der Waals surface area contributed by atoms with E-state index in [0.29, 0.717) is 0 Å². The Morgan fingerprint density at radius 3 is 3.13 bits per heavy atom. The second-order valence-corrected chi connectivity index (χ2v) is 4.47. The molecule has 0 amide bonds. The first-order chi connectivity index (χ1) is 7.25. The van der Waals surface area contributed by atoms with E-state index < -0.39 is 0 Å². The Balaban J connectivity index is 2.31. The SMILES string of the molecule is Cc1ccc2[nH]c3c(c2c1)CCCC3O. The number of fused-ring (bicyclic) bond motifs is 3. The van der Waals surface area contributed by atoms with Crippen LogP contribution in [0.25, 0.3) is 10.9 Å². The van der Waals surface area contributed by atoms with Gasteiger partial charge in [-0.15, -0.1) is 0 Å². The highest BCUT2D eigenvalue weighted by molar-refractivity contribution is 5.85. The lowest BCUT2D eigenvalue weighted by molar-refractivity contribution is 0.153. The predicted octanol–water partition coefficient (Wildman–Crippen LogP) is 2.85. The molecular formula is C13H15NO. The molecule has 3 rings (SSSR count). The summed E-state index contributed by atoms with van der Waals surface area (Å²) < 4.78 is 0. The van der Waals surface area contributed by atoms with Crippen LogP contribution in [-0.2, 0) is 6.42 Å². The summed E-state index contributed by atoms with van der Waals surface area (Å²) in [6.07, 6.45) is 2.78. The van der Waals surface area contributed by atoms with Gasteiger partial charge in [-0.05, 0) is 43.9 Å². The number of aromatic nitrogens is 1. The first-order valence-electron chi connectivity index (χ1n) is 5.55. The molecule has 0 aliphatic heterocycles. The van der Waals surface area contributed by atoms with E-state index in [4.69, 9.17) is 0 Å². The van der Waals surface area contributed by atoms with Crippen molar-refractivity contribution < 1.29 is 5.11 Å². The maximum Gasteiger partial charge on any atom is 0.0941 e. The van der Waals surface area contributed by atoms with Gasteiger partial charge in [0.15, 0.2) is 0 Å². The van der Waals surface area contributed by atoms with Gasteiger partial charge in [0, 0.05) is 16.6 Å². The van der Waals surface area contributed by atoms with Crippen molar-refractivity contribution in [2.24, 2.45) is 0 Å². The van der Waals surface area contributed by atoms with E-state index in [0.717, 1.165) is 30.5 Å². The summed E-state index contributed by atoms with van der Waals surface area (Å²) in [6.45, 7) is 2.11. The Bertz CT molecular complexity index is 512. The van der Waals surface area contributed by atoms with Crippen LogP contribution >= 0.6 is 0 Å². The number of benzene rings is 1. The minimum atomic E-state index is -0.290.